The molecule has 1 saturated carbocycles. The molecule has 0 amide bonds. The number of benzene rings is 2. The fraction of sp³-hybridized carbons (Fsp3) is 0.357. The Morgan fingerprint density at radius 2 is 1.88 bits per heavy atom. The molecule has 0 bridgehead atoms. The SMILES string of the molecule is Cc1ccc(N(CC2CC2)c2ccc3c(c2)CN(C)[C@@H]3CCc2cnccc2C(=O)O)cc1. The molecule has 170 valence electrons. The topological polar surface area (TPSA) is 56.7 Å². The van der Waals surface area contributed by atoms with Crippen molar-refractivity contribution in [2.45, 2.75) is 45.2 Å². The molecule has 0 spiro atoms. The van der Waals surface area contributed by atoms with Gasteiger partial charge in [0.05, 0.1) is 5.56 Å². The Morgan fingerprint density at radius 3 is 2.61 bits per heavy atom. The highest BCUT2D eigenvalue weighted by Crippen LogP contribution is 2.40. The monoisotopic (exact) mass is 441 g/mol. The van der Waals surface area contributed by atoms with E-state index >= 15 is 0 Å². The standard InChI is InChI=1S/C28H31N3O2/c1-19-3-8-23(9-4-19)31(17-20-5-6-20)24-10-11-25-22(15-24)18-30(2)27(25)12-7-21-16-29-14-13-26(21)28(32)33/h3-4,8-11,13-16,20,27H,5-7,12,17-18H2,1-2H3,(H,32,33)/t27-/m1/s1. The number of aromatic carboxylic acids is 1. The van der Waals surface area contributed by atoms with E-state index in [9.17, 15) is 9.90 Å². The van der Waals surface area contributed by atoms with Crippen LogP contribution in [0.1, 0.15) is 57.9 Å². The van der Waals surface area contributed by atoms with Crippen LogP contribution in [0.5, 0.6) is 0 Å². The Kier molecular flexibility index (Phi) is 5.90. The minimum Gasteiger partial charge on any atom is -0.478 e. The zero-order chi connectivity index (χ0) is 22.9. The van der Waals surface area contributed by atoms with E-state index in [1.165, 1.54) is 40.9 Å². The van der Waals surface area contributed by atoms with E-state index in [0.29, 0.717) is 12.0 Å². The minimum absolute atomic E-state index is 0.284. The Morgan fingerprint density at radius 1 is 1.12 bits per heavy atom. The van der Waals surface area contributed by atoms with Gasteiger partial charge < -0.3 is 10.0 Å². The van der Waals surface area contributed by atoms with E-state index in [1.54, 1.807) is 18.5 Å². The van der Waals surface area contributed by atoms with E-state index in [-0.39, 0.29) is 6.04 Å². The van der Waals surface area contributed by atoms with Crippen molar-refractivity contribution in [3.63, 3.8) is 0 Å². The third-order valence-electron chi connectivity index (χ3n) is 7.05. The van der Waals surface area contributed by atoms with Gasteiger partial charge in [0.2, 0.25) is 0 Å². The molecule has 1 aliphatic heterocycles. The molecule has 1 aliphatic carbocycles. The fourth-order valence-corrected chi connectivity index (χ4v) is 4.98. The van der Waals surface area contributed by atoms with Crippen LogP contribution in [0.2, 0.25) is 0 Å². The lowest BCUT2D eigenvalue weighted by Gasteiger charge is -2.26. The summed E-state index contributed by atoms with van der Waals surface area (Å²) in [5.41, 5.74) is 7.69. The van der Waals surface area contributed by atoms with Crippen molar-refractivity contribution in [2.24, 2.45) is 5.92 Å². The number of carbonyl (C=O) groups is 1. The van der Waals surface area contributed by atoms with Crippen molar-refractivity contribution in [1.29, 1.82) is 0 Å². The Bertz CT molecular complexity index is 1150. The fourth-order valence-electron chi connectivity index (χ4n) is 4.98. The van der Waals surface area contributed by atoms with Gasteiger partial charge in [-0.3, -0.25) is 9.88 Å². The summed E-state index contributed by atoms with van der Waals surface area (Å²) >= 11 is 0. The molecule has 0 saturated heterocycles. The molecule has 1 N–H and O–H groups in total. The smallest absolute Gasteiger partial charge is 0.336 e. The molecule has 2 heterocycles. The number of carboxylic acids is 1. The average Bonchev–Trinajstić information content (AvgIpc) is 3.58. The molecule has 5 nitrogen and oxygen atoms in total. The molecular weight excluding hydrogens is 410 g/mol. The highest BCUT2D eigenvalue weighted by atomic mass is 16.4. The second-order valence-corrected chi connectivity index (χ2v) is 9.58. The average molecular weight is 442 g/mol. The Balaban J connectivity index is 1.38. The number of aryl methyl sites for hydroxylation is 2. The summed E-state index contributed by atoms with van der Waals surface area (Å²) < 4.78 is 0. The van der Waals surface area contributed by atoms with Crippen LogP contribution in [0.3, 0.4) is 0 Å². The molecule has 33 heavy (non-hydrogen) atoms. The van der Waals surface area contributed by atoms with Crippen molar-refractivity contribution in [2.75, 3.05) is 18.5 Å². The maximum Gasteiger partial charge on any atom is 0.336 e. The molecular formula is C28H31N3O2. The van der Waals surface area contributed by atoms with Crippen molar-refractivity contribution < 1.29 is 9.90 Å². The van der Waals surface area contributed by atoms with Gasteiger partial charge in [-0.1, -0.05) is 23.8 Å². The third-order valence-corrected chi connectivity index (χ3v) is 7.05. The summed E-state index contributed by atoms with van der Waals surface area (Å²) in [6.07, 6.45) is 7.46. The van der Waals surface area contributed by atoms with Crippen molar-refractivity contribution in [1.82, 2.24) is 9.88 Å². The molecule has 2 aromatic carbocycles. The highest BCUT2D eigenvalue weighted by molar-refractivity contribution is 5.89. The molecule has 1 fully saturated rings. The number of nitrogens with zero attached hydrogens (tertiary/aromatic N) is 3. The summed E-state index contributed by atoms with van der Waals surface area (Å²) in [5, 5.41) is 9.48. The summed E-state index contributed by atoms with van der Waals surface area (Å²) in [4.78, 5) is 20.6. The first kappa shape index (κ1) is 21.7. The second kappa shape index (κ2) is 8.99. The lowest BCUT2D eigenvalue weighted by atomic mass is 9.96. The van der Waals surface area contributed by atoms with Crippen LogP contribution in [-0.2, 0) is 13.0 Å². The lowest BCUT2D eigenvalue weighted by Crippen LogP contribution is -2.20. The molecule has 5 heteroatoms. The predicted octanol–water partition coefficient (Wildman–Crippen LogP) is 5.76. The zero-order valence-corrected chi connectivity index (χ0v) is 19.4. The number of anilines is 2. The summed E-state index contributed by atoms with van der Waals surface area (Å²) in [6, 6.07) is 17.6. The first-order chi connectivity index (χ1) is 16.0. The number of rotatable bonds is 8. The van der Waals surface area contributed by atoms with Crippen LogP contribution in [0.25, 0.3) is 0 Å². The van der Waals surface area contributed by atoms with Gasteiger partial charge in [0.25, 0.3) is 0 Å². The number of hydrogen-bond acceptors (Lipinski definition) is 4. The molecule has 3 aromatic rings. The molecule has 2 aliphatic rings. The van der Waals surface area contributed by atoms with Crippen molar-refractivity contribution in [3.05, 3.63) is 88.7 Å². The first-order valence-corrected chi connectivity index (χ1v) is 11.8. The molecule has 1 atom stereocenters. The summed E-state index contributed by atoms with van der Waals surface area (Å²) in [5.74, 6) is -0.0954. The van der Waals surface area contributed by atoms with Crippen LogP contribution in [0.15, 0.2) is 60.9 Å². The number of fused-ring (bicyclic) bond motifs is 1. The van der Waals surface area contributed by atoms with Gasteiger partial charge in [0.1, 0.15) is 0 Å². The van der Waals surface area contributed by atoms with Crippen molar-refractivity contribution >= 4 is 17.3 Å². The predicted molar refractivity (Wildman–Crippen MR) is 131 cm³/mol. The van der Waals surface area contributed by atoms with E-state index in [4.69, 9.17) is 0 Å². The van der Waals surface area contributed by atoms with Gasteiger partial charge in [-0.2, -0.15) is 0 Å². The second-order valence-electron chi connectivity index (χ2n) is 9.58. The van der Waals surface area contributed by atoms with E-state index in [1.807, 2.05) is 0 Å². The van der Waals surface area contributed by atoms with Gasteiger partial charge in [0.15, 0.2) is 0 Å². The normalized spacial score (nSPS) is 17.7. The minimum atomic E-state index is -0.885. The van der Waals surface area contributed by atoms with Crippen LogP contribution in [0, 0.1) is 12.8 Å². The maximum atomic E-state index is 11.6. The van der Waals surface area contributed by atoms with Gasteiger partial charge in [-0.25, -0.2) is 4.79 Å². The van der Waals surface area contributed by atoms with Crippen LogP contribution in [-0.4, -0.2) is 34.6 Å². The van der Waals surface area contributed by atoms with Crippen molar-refractivity contribution in [3.8, 4) is 0 Å². The Labute approximate surface area is 195 Å². The van der Waals surface area contributed by atoms with Gasteiger partial charge in [-0.05, 0) is 92.6 Å². The Hall–Kier alpha value is -3.18. The first-order valence-electron chi connectivity index (χ1n) is 11.8. The molecule has 0 unspecified atom stereocenters. The third kappa shape index (κ3) is 4.64. The quantitative estimate of drug-likeness (QED) is 0.482. The maximum absolute atomic E-state index is 11.6. The van der Waals surface area contributed by atoms with Crippen LogP contribution < -0.4 is 4.90 Å². The van der Waals surface area contributed by atoms with E-state index in [0.717, 1.165) is 31.0 Å². The van der Waals surface area contributed by atoms with Crippen LogP contribution in [0.4, 0.5) is 11.4 Å². The number of carboxylic acid groups (broad SMARTS) is 1. The zero-order valence-electron chi connectivity index (χ0n) is 19.4. The molecule has 0 radical (unpaired) electrons. The largest absolute Gasteiger partial charge is 0.478 e. The lowest BCUT2D eigenvalue weighted by molar-refractivity contribution is 0.0695. The van der Waals surface area contributed by atoms with Gasteiger partial charge in [-0.15, -0.1) is 0 Å². The number of pyridine rings is 1. The highest BCUT2D eigenvalue weighted by Gasteiger charge is 2.30. The molecule has 1 aromatic heterocycles. The summed E-state index contributed by atoms with van der Waals surface area (Å²) in [6.45, 7) is 4.11. The molecule has 5 rings (SSSR count). The number of aromatic nitrogens is 1. The van der Waals surface area contributed by atoms with E-state index < -0.39 is 5.97 Å². The van der Waals surface area contributed by atoms with Gasteiger partial charge in [0, 0.05) is 42.9 Å². The van der Waals surface area contributed by atoms with Crippen LogP contribution >= 0.6 is 0 Å². The van der Waals surface area contributed by atoms with Gasteiger partial charge >= 0.3 is 5.97 Å². The number of hydrogen-bond donors (Lipinski definition) is 1. The van der Waals surface area contributed by atoms with E-state index in [2.05, 4.69) is 71.2 Å². The summed E-state index contributed by atoms with van der Waals surface area (Å²) in [7, 11) is 2.16.